The molecular weight excluding hydrogens is 140 g/mol. The number of hydrogen-bond donors (Lipinski definition) is 3. The van der Waals surface area contributed by atoms with Gasteiger partial charge in [-0.25, -0.2) is 0 Å². The Balaban J connectivity index is 2.28. The summed E-state index contributed by atoms with van der Waals surface area (Å²) in [6, 6.07) is 0. The summed E-state index contributed by atoms with van der Waals surface area (Å²) >= 11 is 0. The van der Waals surface area contributed by atoms with Crippen LogP contribution < -0.4 is 16.6 Å². The van der Waals surface area contributed by atoms with E-state index in [2.05, 4.69) is 10.2 Å². The molecule has 0 heterocycles. The van der Waals surface area contributed by atoms with Crippen molar-refractivity contribution in [1.29, 1.82) is 0 Å². The Morgan fingerprint density at radius 2 is 2.00 bits per heavy atom. The van der Waals surface area contributed by atoms with E-state index in [1.165, 1.54) is 25.7 Å². The standard InChI is InChI=1S/C7H14N4/c8-7(9)11-10-5-6-3-1-2-4-6/h5-6H,1-4H2,(H4,8,9,11)/p+1/b10-5+. The number of nitrogens with zero attached hydrogens (tertiary/aromatic N) is 1. The van der Waals surface area contributed by atoms with Crippen molar-refractivity contribution in [3.8, 4) is 0 Å². The van der Waals surface area contributed by atoms with E-state index < -0.39 is 0 Å². The summed E-state index contributed by atoms with van der Waals surface area (Å²) in [4.78, 5) is 0. The first-order valence-corrected chi connectivity index (χ1v) is 3.96. The molecule has 1 fully saturated rings. The Morgan fingerprint density at radius 1 is 1.36 bits per heavy atom. The molecule has 1 saturated carbocycles. The predicted molar refractivity (Wildman–Crippen MR) is 44.8 cm³/mol. The lowest BCUT2D eigenvalue weighted by molar-refractivity contribution is -0.459. The fraction of sp³-hybridized carbons (Fsp3) is 0.714. The zero-order valence-electron chi connectivity index (χ0n) is 6.59. The molecule has 0 atom stereocenters. The molecule has 0 aromatic heterocycles. The highest BCUT2D eigenvalue weighted by Gasteiger charge is 2.14. The largest absolute Gasteiger partial charge is 0.365 e. The normalized spacial score (nSPS) is 19.3. The van der Waals surface area contributed by atoms with Crippen molar-refractivity contribution in [1.82, 2.24) is 0 Å². The van der Waals surface area contributed by atoms with Gasteiger partial charge >= 0.3 is 0 Å². The molecule has 4 heteroatoms. The van der Waals surface area contributed by atoms with Crippen molar-refractivity contribution in [3.05, 3.63) is 0 Å². The molecule has 0 unspecified atom stereocenters. The summed E-state index contributed by atoms with van der Waals surface area (Å²) < 4.78 is 0. The zero-order chi connectivity index (χ0) is 8.10. The van der Waals surface area contributed by atoms with Gasteiger partial charge in [0.15, 0.2) is 6.21 Å². The number of nitrogens with one attached hydrogen (secondary N) is 1. The van der Waals surface area contributed by atoms with Gasteiger partial charge in [-0.3, -0.25) is 0 Å². The smallest absolute Gasteiger partial charge is 0.256 e. The average Bonchev–Trinajstić information content (AvgIpc) is 2.39. The Kier molecular flexibility index (Phi) is 2.89. The van der Waals surface area contributed by atoms with Gasteiger partial charge < -0.3 is 11.5 Å². The highest BCUT2D eigenvalue weighted by atomic mass is 15.3. The summed E-state index contributed by atoms with van der Waals surface area (Å²) in [7, 11) is 0. The summed E-state index contributed by atoms with van der Waals surface area (Å²) in [6.45, 7) is 0. The molecule has 1 aliphatic carbocycles. The van der Waals surface area contributed by atoms with Crippen molar-refractivity contribution in [2.45, 2.75) is 25.7 Å². The van der Waals surface area contributed by atoms with Gasteiger partial charge in [-0.05, 0) is 12.8 Å². The quantitative estimate of drug-likeness (QED) is 0.258. The molecule has 1 rings (SSSR count). The second-order valence-corrected chi connectivity index (χ2v) is 2.88. The minimum atomic E-state index is 0.0826. The van der Waals surface area contributed by atoms with E-state index in [9.17, 15) is 0 Å². The molecule has 0 saturated heterocycles. The molecule has 4 nitrogen and oxygen atoms in total. The molecular formula is C7H15N4+. The Hall–Kier alpha value is -1.06. The molecule has 0 spiro atoms. The van der Waals surface area contributed by atoms with Crippen LogP contribution in [0.25, 0.3) is 0 Å². The Labute approximate surface area is 66.4 Å². The summed E-state index contributed by atoms with van der Waals surface area (Å²) in [5.74, 6) is 0.734. The minimum absolute atomic E-state index is 0.0826. The number of nitrogens with two attached hydrogens (primary N) is 2. The van der Waals surface area contributed by atoms with Gasteiger partial charge in [-0.2, -0.15) is 0 Å². The number of guanidine groups is 1. The third kappa shape index (κ3) is 3.02. The molecule has 5 N–H and O–H groups in total. The van der Waals surface area contributed by atoms with Crippen LogP contribution in [0.5, 0.6) is 0 Å². The maximum atomic E-state index is 5.12. The third-order valence-electron chi connectivity index (χ3n) is 1.90. The van der Waals surface area contributed by atoms with E-state index in [4.69, 9.17) is 11.5 Å². The van der Waals surface area contributed by atoms with Crippen LogP contribution in [-0.2, 0) is 0 Å². The van der Waals surface area contributed by atoms with Crippen LogP contribution in [0.4, 0.5) is 0 Å². The van der Waals surface area contributed by atoms with E-state index in [1.807, 2.05) is 6.21 Å². The minimum Gasteiger partial charge on any atom is -0.365 e. The van der Waals surface area contributed by atoms with Gasteiger partial charge in [0.25, 0.3) is 5.96 Å². The van der Waals surface area contributed by atoms with E-state index in [0.29, 0.717) is 5.92 Å². The van der Waals surface area contributed by atoms with Crippen molar-refractivity contribution in [3.63, 3.8) is 0 Å². The van der Waals surface area contributed by atoms with Gasteiger partial charge in [0.2, 0.25) is 0 Å². The van der Waals surface area contributed by atoms with Gasteiger partial charge in [0.1, 0.15) is 0 Å². The second-order valence-electron chi connectivity index (χ2n) is 2.88. The summed E-state index contributed by atoms with van der Waals surface area (Å²) in [5, 5.41) is 6.39. The van der Waals surface area contributed by atoms with Crippen LogP contribution in [0.1, 0.15) is 25.7 Å². The summed E-state index contributed by atoms with van der Waals surface area (Å²) in [5.41, 5.74) is 10.2. The molecule has 0 aromatic rings. The number of hydrogen-bond acceptors (Lipinski definition) is 1. The molecule has 0 aliphatic heterocycles. The van der Waals surface area contributed by atoms with Crippen LogP contribution in [0.15, 0.2) is 5.10 Å². The van der Waals surface area contributed by atoms with Gasteiger partial charge in [-0.1, -0.05) is 12.8 Å². The first-order valence-electron chi connectivity index (χ1n) is 3.96. The highest BCUT2D eigenvalue weighted by Crippen LogP contribution is 2.21. The zero-order valence-corrected chi connectivity index (χ0v) is 6.59. The van der Waals surface area contributed by atoms with Gasteiger partial charge in [0, 0.05) is 11.0 Å². The second kappa shape index (κ2) is 3.95. The monoisotopic (exact) mass is 155 g/mol. The molecule has 0 aromatic carbocycles. The van der Waals surface area contributed by atoms with E-state index in [1.54, 1.807) is 0 Å². The first-order chi connectivity index (χ1) is 5.29. The van der Waals surface area contributed by atoms with Crippen LogP contribution in [0.2, 0.25) is 0 Å². The van der Waals surface area contributed by atoms with Crippen LogP contribution in [0.3, 0.4) is 0 Å². The fourth-order valence-corrected chi connectivity index (χ4v) is 1.34. The van der Waals surface area contributed by atoms with Gasteiger partial charge in [0.05, 0.1) is 0 Å². The molecule has 0 bridgehead atoms. The Bertz CT molecular complexity index is 163. The van der Waals surface area contributed by atoms with E-state index >= 15 is 0 Å². The maximum Gasteiger partial charge on any atom is 0.256 e. The van der Waals surface area contributed by atoms with Crippen molar-refractivity contribution in [2.75, 3.05) is 0 Å². The topological polar surface area (TPSA) is 78.4 Å². The van der Waals surface area contributed by atoms with E-state index in [0.717, 1.165) is 0 Å². The van der Waals surface area contributed by atoms with Gasteiger partial charge in [-0.15, -0.1) is 5.10 Å². The predicted octanol–water partition coefficient (Wildman–Crippen LogP) is -1.48. The van der Waals surface area contributed by atoms with Crippen molar-refractivity contribution < 1.29 is 5.10 Å². The molecule has 0 radical (unpaired) electrons. The van der Waals surface area contributed by atoms with Crippen LogP contribution in [-0.4, -0.2) is 12.2 Å². The maximum absolute atomic E-state index is 5.12. The van der Waals surface area contributed by atoms with Crippen molar-refractivity contribution in [2.24, 2.45) is 22.5 Å². The molecule has 62 valence electrons. The first kappa shape index (κ1) is 8.04. The number of hydrazone groups is 1. The summed E-state index contributed by atoms with van der Waals surface area (Å²) in [6.07, 6.45) is 7.13. The molecule has 1 aliphatic rings. The van der Waals surface area contributed by atoms with Crippen molar-refractivity contribution >= 4 is 12.2 Å². The highest BCUT2D eigenvalue weighted by molar-refractivity contribution is 5.74. The third-order valence-corrected chi connectivity index (χ3v) is 1.90. The lowest BCUT2D eigenvalue weighted by Gasteiger charge is -1.90. The van der Waals surface area contributed by atoms with E-state index in [-0.39, 0.29) is 5.96 Å². The SMILES string of the molecule is NC(N)=N/[NH+]=C/C1CCCC1. The lowest BCUT2D eigenvalue weighted by Crippen LogP contribution is -2.64. The van der Waals surface area contributed by atoms with Crippen LogP contribution in [0, 0.1) is 5.92 Å². The molecule has 0 amide bonds. The lowest BCUT2D eigenvalue weighted by atomic mass is 10.1. The number of rotatable bonds is 2. The average molecular weight is 155 g/mol. The molecule has 11 heavy (non-hydrogen) atoms. The fourth-order valence-electron chi connectivity index (χ4n) is 1.34. The Morgan fingerprint density at radius 3 is 2.55 bits per heavy atom. The van der Waals surface area contributed by atoms with Crippen LogP contribution >= 0.6 is 0 Å².